The van der Waals surface area contributed by atoms with Crippen LogP contribution in [0.3, 0.4) is 0 Å². The molecular weight excluding hydrogens is 250 g/mol. The fraction of sp³-hybridized carbons (Fsp3) is 0.500. The SMILES string of the molecule is CCN(Cc1c(F)cccc1F)C(=O)[C@H]1CCCN1. The number of hydrogen-bond acceptors (Lipinski definition) is 2. The summed E-state index contributed by atoms with van der Waals surface area (Å²) in [4.78, 5) is 13.7. The van der Waals surface area contributed by atoms with Gasteiger partial charge >= 0.3 is 0 Å². The van der Waals surface area contributed by atoms with Crippen LogP contribution in [0.5, 0.6) is 0 Å². The van der Waals surface area contributed by atoms with Crippen molar-refractivity contribution in [3.8, 4) is 0 Å². The highest BCUT2D eigenvalue weighted by atomic mass is 19.1. The molecule has 0 aromatic heterocycles. The number of halogens is 2. The maximum absolute atomic E-state index is 13.6. The Morgan fingerprint density at radius 3 is 2.63 bits per heavy atom. The lowest BCUT2D eigenvalue weighted by Crippen LogP contribution is -2.43. The van der Waals surface area contributed by atoms with Gasteiger partial charge in [0, 0.05) is 12.1 Å². The van der Waals surface area contributed by atoms with Gasteiger partial charge in [-0.2, -0.15) is 0 Å². The second kappa shape index (κ2) is 6.10. The van der Waals surface area contributed by atoms with E-state index in [9.17, 15) is 13.6 Å². The molecule has 1 fully saturated rings. The lowest BCUT2D eigenvalue weighted by molar-refractivity contribution is -0.133. The number of carbonyl (C=O) groups is 1. The molecule has 1 atom stereocenters. The zero-order chi connectivity index (χ0) is 13.8. The maximum atomic E-state index is 13.6. The smallest absolute Gasteiger partial charge is 0.239 e. The van der Waals surface area contributed by atoms with E-state index in [1.54, 1.807) is 0 Å². The molecule has 5 heteroatoms. The molecule has 0 spiro atoms. The van der Waals surface area contributed by atoms with Gasteiger partial charge in [0.1, 0.15) is 11.6 Å². The minimum atomic E-state index is -0.606. The fourth-order valence-electron chi connectivity index (χ4n) is 2.34. The van der Waals surface area contributed by atoms with Gasteiger partial charge in [0.25, 0.3) is 0 Å². The van der Waals surface area contributed by atoms with Crippen LogP contribution in [0, 0.1) is 11.6 Å². The quantitative estimate of drug-likeness (QED) is 0.906. The van der Waals surface area contributed by atoms with E-state index in [1.807, 2.05) is 6.92 Å². The number of amides is 1. The van der Waals surface area contributed by atoms with E-state index in [1.165, 1.54) is 23.1 Å². The van der Waals surface area contributed by atoms with E-state index in [0.29, 0.717) is 6.54 Å². The predicted octanol–water partition coefficient (Wildman–Crippen LogP) is 2.07. The van der Waals surface area contributed by atoms with E-state index < -0.39 is 11.6 Å². The summed E-state index contributed by atoms with van der Waals surface area (Å²) in [6.07, 6.45) is 1.75. The van der Waals surface area contributed by atoms with Crippen LogP contribution in [0.25, 0.3) is 0 Å². The standard InChI is InChI=1S/C14H18F2N2O/c1-2-18(14(19)13-7-4-8-17-13)9-10-11(15)5-3-6-12(10)16/h3,5-6,13,17H,2,4,7-9H2,1H3/t13-/m1/s1. The van der Waals surface area contributed by atoms with E-state index in [4.69, 9.17) is 0 Å². The van der Waals surface area contributed by atoms with Crippen LogP contribution in [0.4, 0.5) is 8.78 Å². The van der Waals surface area contributed by atoms with Crippen molar-refractivity contribution in [2.24, 2.45) is 0 Å². The van der Waals surface area contributed by atoms with Gasteiger partial charge in [0.15, 0.2) is 0 Å². The lowest BCUT2D eigenvalue weighted by atomic mass is 10.1. The second-order valence-corrected chi connectivity index (χ2v) is 4.70. The summed E-state index contributed by atoms with van der Waals surface area (Å²) in [7, 11) is 0. The van der Waals surface area contributed by atoms with Gasteiger partial charge in [-0.1, -0.05) is 6.07 Å². The third-order valence-corrected chi connectivity index (χ3v) is 3.46. The van der Waals surface area contributed by atoms with Crippen LogP contribution in [-0.2, 0) is 11.3 Å². The first-order valence-corrected chi connectivity index (χ1v) is 6.58. The molecule has 104 valence electrons. The Morgan fingerprint density at radius 1 is 1.42 bits per heavy atom. The molecule has 0 unspecified atom stereocenters. The van der Waals surface area contributed by atoms with Gasteiger partial charge in [0.05, 0.1) is 12.6 Å². The molecule has 1 N–H and O–H groups in total. The molecule has 1 heterocycles. The summed E-state index contributed by atoms with van der Waals surface area (Å²) in [6.45, 7) is 3.05. The van der Waals surface area contributed by atoms with Crippen molar-refractivity contribution in [2.45, 2.75) is 32.4 Å². The van der Waals surface area contributed by atoms with Crippen LogP contribution in [0.1, 0.15) is 25.3 Å². The van der Waals surface area contributed by atoms with Crippen molar-refractivity contribution >= 4 is 5.91 Å². The highest BCUT2D eigenvalue weighted by Crippen LogP contribution is 2.16. The number of rotatable bonds is 4. The Morgan fingerprint density at radius 2 is 2.11 bits per heavy atom. The van der Waals surface area contributed by atoms with Gasteiger partial charge in [-0.25, -0.2) is 8.78 Å². The molecule has 0 aliphatic carbocycles. The number of hydrogen-bond donors (Lipinski definition) is 1. The van der Waals surface area contributed by atoms with E-state index in [2.05, 4.69) is 5.32 Å². The largest absolute Gasteiger partial charge is 0.337 e. The Hall–Kier alpha value is -1.49. The number of benzene rings is 1. The molecular formula is C14H18F2N2O. The van der Waals surface area contributed by atoms with E-state index in [0.717, 1.165) is 19.4 Å². The van der Waals surface area contributed by atoms with Crippen molar-refractivity contribution < 1.29 is 13.6 Å². The van der Waals surface area contributed by atoms with Crippen molar-refractivity contribution in [3.63, 3.8) is 0 Å². The number of nitrogens with one attached hydrogen (secondary N) is 1. The molecule has 1 aromatic carbocycles. The zero-order valence-corrected chi connectivity index (χ0v) is 11.0. The highest BCUT2D eigenvalue weighted by molar-refractivity contribution is 5.82. The molecule has 0 radical (unpaired) electrons. The normalized spacial score (nSPS) is 18.6. The number of carbonyl (C=O) groups excluding carboxylic acids is 1. The van der Waals surface area contributed by atoms with Crippen molar-refractivity contribution in [2.75, 3.05) is 13.1 Å². The Bertz CT molecular complexity index is 439. The highest BCUT2D eigenvalue weighted by Gasteiger charge is 2.27. The monoisotopic (exact) mass is 268 g/mol. The third kappa shape index (κ3) is 3.10. The average Bonchev–Trinajstić information content (AvgIpc) is 2.92. The molecule has 1 aliphatic rings. The summed E-state index contributed by atoms with van der Waals surface area (Å²) < 4.78 is 27.2. The summed E-state index contributed by atoms with van der Waals surface area (Å²) in [6, 6.07) is 3.54. The average molecular weight is 268 g/mol. The first-order chi connectivity index (χ1) is 9.13. The topological polar surface area (TPSA) is 32.3 Å². The van der Waals surface area contributed by atoms with Crippen LogP contribution in [0.2, 0.25) is 0 Å². The molecule has 1 aliphatic heterocycles. The molecule has 1 saturated heterocycles. The van der Waals surface area contributed by atoms with Crippen molar-refractivity contribution in [1.82, 2.24) is 10.2 Å². The number of likely N-dealkylation sites (N-methyl/N-ethyl adjacent to an activating group) is 1. The Labute approximate surface area is 111 Å². The molecule has 0 saturated carbocycles. The molecule has 2 rings (SSSR count). The minimum absolute atomic E-state index is 0.0218. The van der Waals surface area contributed by atoms with Gasteiger partial charge in [-0.05, 0) is 38.4 Å². The molecule has 0 bridgehead atoms. The number of nitrogens with zero attached hydrogens (tertiary/aromatic N) is 1. The zero-order valence-electron chi connectivity index (χ0n) is 11.0. The lowest BCUT2D eigenvalue weighted by Gasteiger charge is -2.24. The van der Waals surface area contributed by atoms with Gasteiger partial charge in [-0.15, -0.1) is 0 Å². The minimum Gasteiger partial charge on any atom is -0.337 e. The van der Waals surface area contributed by atoms with E-state index in [-0.39, 0.29) is 24.1 Å². The molecule has 1 aromatic rings. The first kappa shape index (κ1) is 13.9. The van der Waals surface area contributed by atoms with Crippen LogP contribution in [0.15, 0.2) is 18.2 Å². The second-order valence-electron chi connectivity index (χ2n) is 4.70. The van der Waals surface area contributed by atoms with Crippen LogP contribution >= 0.6 is 0 Å². The van der Waals surface area contributed by atoms with E-state index >= 15 is 0 Å². The van der Waals surface area contributed by atoms with Gasteiger partial charge in [0.2, 0.25) is 5.91 Å². The third-order valence-electron chi connectivity index (χ3n) is 3.46. The van der Waals surface area contributed by atoms with Gasteiger partial charge < -0.3 is 10.2 Å². The first-order valence-electron chi connectivity index (χ1n) is 6.58. The Balaban J connectivity index is 2.12. The predicted molar refractivity (Wildman–Crippen MR) is 68.5 cm³/mol. The summed E-state index contributed by atoms with van der Waals surface area (Å²) in [5.74, 6) is -1.29. The van der Waals surface area contributed by atoms with Gasteiger partial charge in [-0.3, -0.25) is 4.79 Å². The molecule has 3 nitrogen and oxygen atoms in total. The fourth-order valence-corrected chi connectivity index (χ4v) is 2.34. The summed E-state index contributed by atoms with van der Waals surface area (Å²) in [5, 5.41) is 3.11. The molecule has 19 heavy (non-hydrogen) atoms. The maximum Gasteiger partial charge on any atom is 0.239 e. The molecule has 1 amide bonds. The summed E-state index contributed by atoms with van der Waals surface area (Å²) in [5.41, 5.74) is -0.0457. The van der Waals surface area contributed by atoms with Crippen LogP contribution < -0.4 is 5.32 Å². The van der Waals surface area contributed by atoms with Crippen molar-refractivity contribution in [3.05, 3.63) is 35.4 Å². The Kier molecular flexibility index (Phi) is 4.47. The van der Waals surface area contributed by atoms with Crippen molar-refractivity contribution in [1.29, 1.82) is 0 Å². The van der Waals surface area contributed by atoms with Crippen LogP contribution in [-0.4, -0.2) is 29.9 Å². The summed E-state index contributed by atoms with van der Waals surface area (Å²) >= 11 is 0.